The fourth-order valence-electron chi connectivity index (χ4n) is 2.04. The molecule has 112 valence electrons. The Bertz CT molecular complexity index is 616. The molecule has 0 atom stereocenters. The molecule has 4 nitrogen and oxygen atoms in total. The summed E-state index contributed by atoms with van der Waals surface area (Å²) < 4.78 is 10.5. The van der Waals surface area contributed by atoms with Crippen LogP contribution >= 0.6 is 11.6 Å². The van der Waals surface area contributed by atoms with Crippen molar-refractivity contribution < 1.29 is 14.6 Å². The number of aliphatic hydroxyl groups excluding tert-OH is 1. The van der Waals surface area contributed by atoms with Gasteiger partial charge >= 0.3 is 0 Å². The molecule has 2 rings (SSSR count). The van der Waals surface area contributed by atoms with E-state index in [2.05, 4.69) is 5.32 Å². The number of rotatable bonds is 6. The molecule has 0 saturated heterocycles. The van der Waals surface area contributed by atoms with Gasteiger partial charge in [0.2, 0.25) is 0 Å². The molecule has 0 saturated carbocycles. The zero-order chi connectivity index (χ0) is 15.2. The van der Waals surface area contributed by atoms with Gasteiger partial charge in [-0.05, 0) is 29.3 Å². The lowest BCUT2D eigenvalue weighted by atomic mass is 10.1. The van der Waals surface area contributed by atoms with E-state index in [4.69, 9.17) is 26.2 Å². The second-order valence-electron chi connectivity index (χ2n) is 4.49. The minimum absolute atomic E-state index is 0.0205. The van der Waals surface area contributed by atoms with Crippen LogP contribution in [0.2, 0.25) is 5.02 Å². The Balaban J connectivity index is 2.16. The topological polar surface area (TPSA) is 50.7 Å². The van der Waals surface area contributed by atoms with Crippen molar-refractivity contribution in [2.45, 2.75) is 13.2 Å². The molecule has 0 bridgehead atoms. The third kappa shape index (κ3) is 3.60. The number of hydrogen-bond acceptors (Lipinski definition) is 4. The highest BCUT2D eigenvalue weighted by molar-refractivity contribution is 6.33. The summed E-state index contributed by atoms with van der Waals surface area (Å²) >= 11 is 6.33. The van der Waals surface area contributed by atoms with Crippen LogP contribution < -0.4 is 14.8 Å². The van der Waals surface area contributed by atoms with E-state index >= 15 is 0 Å². The van der Waals surface area contributed by atoms with Crippen LogP contribution in [-0.4, -0.2) is 19.3 Å². The first-order valence-electron chi connectivity index (χ1n) is 6.52. The fourth-order valence-corrected chi connectivity index (χ4v) is 2.34. The van der Waals surface area contributed by atoms with Gasteiger partial charge in [-0.3, -0.25) is 0 Å². The molecule has 0 unspecified atom stereocenters. The predicted octanol–water partition coefficient (Wildman–Crippen LogP) is 3.46. The van der Waals surface area contributed by atoms with E-state index in [1.807, 2.05) is 36.4 Å². The van der Waals surface area contributed by atoms with Crippen molar-refractivity contribution in [1.82, 2.24) is 0 Å². The molecule has 0 radical (unpaired) electrons. The Morgan fingerprint density at radius 1 is 1.14 bits per heavy atom. The number of methoxy groups -OCH3 is 2. The number of aliphatic hydroxyl groups is 1. The van der Waals surface area contributed by atoms with Crippen molar-refractivity contribution in [3.63, 3.8) is 0 Å². The lowest BCUT2D eigenvalue weighted by Gasteiger charge is -2.14. The average molecular weight is 308 g/mol. The van der Waals surface area contributed by atoms with Gasteiger partial charge in [0.1, 0.15) is 0 Å². The molecule has 2 aromatic carbocycles. The maximum Gasteiger partial charge on any atom is 0.179 e. The molecule has 0 aliphatic carbocycles. The molecule has 0 aliphatic heterocycles. The van der Waals surface area contributed by atoms with Gasteiger partial charge in [0.25, 0.3) is 0 Å². The van der Waals surface area contributed by atoms with Gasteiger partial charge in [-0.1, -0.05) is 29.8 Å². The van der Waals surface area contributed by atoms with Crippen LogP contribution in [-0.2, 0) is 13.2 Å². The van der Waals surface area contributed by atoms with Gasteiger partial charge in [0.15, 0.2) is 11.5 Å². The largest absolute Gasteiger partial charge is 0.493 e. The first-order chi connectivity index (χ1) is 10.2. The maximum atomic E-state index is 9.14. The Labute approximate surface area is 129 Å². The van der Waals surface area contributed by atoms with Crippen molar-refractivity contribution in [2.75, 3.05) is 19.5 Å². The van der Waals surface area contributed by atoms with Gasteiger partial charge in [-0.2, -0.15) is 0 Å². The number of halogens is 1. The van der Waals surface area contributed by atoms with Crippen molar-refractivity contribution >= 4 is 17.3 Å². The van der Waals surface area contributed by atoms with Crippen LogP contribution in [0.15, 0.2) is 36.4 Å². The monoisotopic (exact) mass is 307 g/mol. The van der Waals surface area contributed by atoms with Crippen LogP contribution in [0.25, 0.3) is 0 Å². The highest BCUT2D eigenvalue weighted by Gasteiger charge is 2.12. The Kier molecular flexibility index (Phi) is 5.31. The SMILES string of the molecule is COc1ccc(CNc2cccc(CO)c2)c(Cl)c1OC. The Hall–Kier alpha value is -1.91. The molecule has 0 aromatic heterocycles. The zero-order valence-electron chi connectivity index (χ0n) is 12.0. The molecule has 5 heteroatoms. The van der Waals surface area contributed by atoms with E-state index in [-0.39, 0.29) is 6.61 Å². The van der Waals surface area contributed by atoms with Gasteiger partial charge in [0.05, 0.1) is 25.8 Å². The van der Waals surface area contributed by atoms with E-state index in [0.29, 0.717) is 23.1 Å². The van der Waals surface area contributed by atoms with Gasteiger partial charge in [-0.25, -0.2) is 0 Å². The molecule has 0 heterocycles. The van der Waals surface area contributed by atoms with Crippen LogP contribution in [0.1, 0.15) is 11.1 Å². The van der Waals surface area contributed by atoms with Gasteiger partial charge in [0, 0.05) is 12.2 Å². The molecule has 0 amide bonds. The second-order valence-corrected chi connectivity index (χ2v) is 4.86. The summed E-state index contributed by atoms with van der Waals surface area (Å²) in [6.45, 7) is 0.570. The third-order valence-corrected chi connectivity index (χ3v) is 3.57. The molecular weight excluding hydrogens is 290 g/mol. The van der Waals surface area contributed by atoms with Crippen LogP contribution in [0.4, 0.5) is 5.69 Å². The standard InChI is InChI=1S/C16H18ClNO3/c1-20-14-7-6-12(15(17)16(14)21-2)9-18-13-5-3-4-11(8-13)10-19/h3-8,18-19H,9-10H2,1-2H3. The summed E-state index contributed by atoms with van der Waals surface area (Å²) in [6.07, 6.45) is 0. The number of nitrogens with one attached hydrogen (secondary N) is 1. The third-order valence-electron chi connectivity index (χ3n) is 3.16. The van der Waals surface area contributed by atoms with Crippen molar-refractivity contribution in [3.8, 4) is 11.5 Å². The molecule has 21 heavy (non-hydrogen) atoms. The lowest BCUT2D eigenvalue weighted by Crippen LogP contribution is -2.02. The van der Waals surface area contributed by atoms with E-state index in [1.54, 1.807) is 14.2 Å². The lowest BCUT2D eigenvalue weighted by molar-refractivity contribution is 0.282. The van der Waals surface area contributed by atoms with Gasteiger partial charge in [-0.15, -0.1) is 0 Å². The highest BCUT2D eigenvalue weighted by atomic mass is 35.5. The van der Waals surface area contributed by atoms with E-state index < -0.39 is 0 Å². The number of ether oxygens (including phenoxy) is 2. The first-order valence-corrected chi connectivity index (χ1v) is 6.90. The molecule has 0 spiro atoms. The predicted molar refractivity (Wildman–Crippen MR) is 84.2 cm³/mol. The summed E-state index contributed by atoms with van der Waals surface area (Å²) in [5, 5.41) is 12.9. The average Bonchev–Trinajstić information content (AvgIpc) is 2.53. The van der Waals surface area contributed by atoms with Crippen molar-refractivity contribution in [3.05, 3.63) is 52.5 Å². The van der Waals surface area contributed by atoms with Crippen LogP contribution in [0, 0.1) is 0 Å². The van der Waals surface area contributed by atoms with Crippen molar-refractivity contribution in [1.29, 1.82) is 0 Å². The van der Waals surface area contributed by atoms with Crippen LogP contribution in [0.3, 0.4) is 0 Å². The molecule has 0 aliphatic rings. The maximum absolute atomic E-state index is 9.14. The zero-order valence-corrected chi connectivity index (χ0v) is 12.8. The quantitative estimate of drug-likeness (QED) is 0.858. The van der Waals surface area contributed by atoms with E-state index in [9.17, 15) is 0 Å². The molecule has 2 N–H and O–H groups in total. The minimum Gasteiger partial charge on any atom is -0.493 e. The number of hydrogen-bond donors (Lipinski definition) is 2. The summed E-state index contributed by atoms with van der Waals surface area (Å²) in [7, 11) is 3.14. The summed E-state index contributed by atoms with van der Waals surface area (Å²) in [5.41, 5.74) is 2.69. The van der Waals surface area contributed by atoms with Gasteiger partial charge < -0.3 is 19.9 Å². The molecule has 0 fully saturated rings. The summed E-state index contributed by atoms with van der Waals surface area (Å²) in [5.74, 6) is 1.14. The van der Waals surface area contributed by atoms with E-state index in [1.165, 1.54) is 0 Å². The molecule has 2 aromatic rings. The molecular formula is C16H18ClNO3. The number of anilines is 1. The van der Waals surface area contributed by atoms with E-state index in [0.717, 1.165) is 16.8 Å². The number of benzene rings is 2. The summed E-state index contributed by atoms with van der Waals surface area (Å²) in [4.78, 5) is 0. The normalized spacial score (nSPS) is 10.3. The minimum atomic E-state index is 0.0205. The van der Waals surface area contributed by atoms with Crippen molar-refractivity contribution in [2.24, 2.45) is 0 Å². The fraction of sp³-hybridized carbons (Fsp3) is 0.250. The second kappa shape index (κ2) is 7.20. The Morgan fingerprint density at radius 2 is 1.95 bits per heavy atom. The first kappa shape index (κ1) is 15.5. The smallest absolute Gasteiger partial charge is 0.179 e. The highest BCUT2D eigenvalue weighted by Crippen LogP contribution is 2.37. The Morgan fingerprint density at radius 3 is 2.62 bits per heavy atom. The summed E-state index contributed by atoms with van der Waals surface area (Å²) in [6, 6.07) is 11.3. The van der Waals surface area contributed by atoms with Crippen LogP contribution in [0.5, 0.6) is 11.5 Å².